The quantitative estimate of drug-likeness (QED) is 0.671. The van der Waals surface area contributed by atoms with Crippen LogP contribution in [-0.2, 0) is 20.9 Å². The molecule has 2 rings (SSSR count). The number of amides is 2. The fourth-order valence-corrected chi connectivity index (χ4v) is 3.05. The molecule has 0 aromatic heterocycles. The zero-order chi connectivity index (χ0) is 18.2. The second-order valence-corrected chi connectivity index (χ2v) is 6.54. The van der Waals surface area contributed by atoms with E-state index in [1.807, 2.05) is 24.3 Å². The third kappa shape index (κ3) is 5.54. The largest absolute Gasteiger partial charge is 0.369 e. The summed E-state index contributed by atoms with van der Waals surface area (Å²) in [6.45, 7) is 5.86. The first kappa shape index (κ1) is 19.4. The monoisotopic (exact) mass is 347 g/mol. The summed E-state index contributed by atoms with van der Waals surface area (Å²) in [6.07, 6.45) is 3.24. The molecular formula is C19H29N3O3. The van der Waals surface area contributed by atoms with Crippen LogP contribution in [0, 0.1) is 0 Å². The maximum Gasteiger partial charge on any atom is 0.253 e. The molecule has 0 radical (unpaired) electrons. The Labute approximate surface area is 149 Å². The van der Waals surface area contributed by atoms with Gasteiger partial charge in [-0.15, -0.1) is 0 Å². The SMILES string of the molecule is CCCCOC(C)C(=O)Nc1ccccc1CN1CCCC1C(N)=O. The van der Waals surface area contributed by atoms with Crippen LogP contribution in [-0.4, -0.2) is 42.0 Å². The van der Waals surface area contributed by atoms with Gasteiger partial charge < -0.3 is 15.8 Å². The summed E-state index contributed by atoms with van der Waals surface area (Å²) in [5.41, 5.74) is 7.23. The van der Waals surface area contributed by atoms with Crippen molar-refractivity contribution in [3.8, 4) is 0 Å². The molecule has 1 fully saturated rings. The third-order valence-electron chi connectivity index (χ3n) is 4.58. The van der Waals surface area contributed by atoms with Crippen LogP contribution in [0.2, 0.25) is 0 Å². The molecule has 1 aromatic carbocycles. The van der Waals surface area contributed by atoms with Crippen LogP contribution in [0.15, 0.2) is 24.3 Å². The summed E-state index contributed by atoms with van der Waals surface area (Å²) in [5.74, 6) is -0.437. The fourth-order valence-electron chi connectivity index (χ4n) is 3.05. The van der Waals surface area contributed by atoms with Gasteiger partial charge >= 0.3 is 0 Å². The number of nitrogens with two attached hydrogens (primary N) is 1. The number of primary amides is 1. The van der Waals surface area contributed by atoms with Crippen molar-refractivity contribution in [2.75, 3.05) is 18.5 Å². The molecule has 25 heavy (non-hydrogen) atoms. The number of para-hydroxylation sites is 1. The summed E-state index contributed by atoms with van der Waals surface area (Å²) < 4.78 is 5.55. The lowest BCUT2D eigenvalue weighted by molar-refractivity contribution is -0.126. The molecule has 0 spiro atoms. The number of hydrogen-bond acceptors (Lipinski definition) is 4. The highest BCUT2D eigenvalue weighted by Crippen LogP contribution is 2.24. The molecule has 1 aromatic rings. The van der Waals surface area contributed by atoms with Gasteiger partial charge in [-0.2, -0.15) is 0 Å². The van der Waals surface area contributed by atoms with Crippen LogP contribution < -0.4 is 11.1 Å². The number of carbonyl (C=O) groups is 2. The van der Waals surface area contributed by atoms with Crippen LogP contribution in [0.1, 0.15) is 45.1 Å². The first-order chi connectivity index (χ1) is 12.0. The summed E-state index contributed by atoms with van der Waals surface area (Å²) in [5, 5.41) is 2.95. The zero-order valence-corrected chi connectivity index (χ0v) is 15.2. The standard InChI is InChI=1S/C19H29N3O3/c1-3-4-12-25-14(2)19(24)21-16-9-6-5-8-15(16)13-22-11-7-10-17(22)18(20)23/h5-6,8-9,14,17H,3-4,7,10-13H2,1-2H3,(H2,20,23)(H,21,24). The molecule has 6 nitrogen and oxygen atoms in total. The van der Waals surface area contributed by atoms with E-state index in [0.717, 1.165) is 43.5 Å². The molecular weight excluding hydrogens is 318 g/mol. The van der Waals surface area contributed by atoms with Gasteiger partial charge in [0.25, 0.3) is 5.91 Å². The van der Waals surface area contributed by atoms with Gasteiger partial charge in [-0.25, -0.2) is 0 Å². The predicted octanol–water partition coefficient (Wildman–Crippen LogP) is 2.28. The zero-order valence-electron chi connectivity index (χ0n) is 15.2. The fraction of sp³-hybridized carbons (Fsp3) is 0.579. The van der Waals surface area contributed by atoms with Gasteiger partial charge in [-0.1, -0.05) is 31.5 Å². The van der Waals surface area contributed by atoms with Crippen molar-refractivity contribution in [2.45, 2.75) is 58.2 Å². The summed E-state index contributed by atoms with van der Waals surface area (Å²) in [7, 11) is 0. The lowest BCUT2D eigenvalue weighted by Crippen LogP contribution is -2.40. The predicted molar refractivity (Wildman–Crippen MR) is 98.0 cm³/mol. The summed E-state index contributed by atoms with van der Waals surface area (Å²) in [4.78, 5) is 26.0. The van der Waals surface area contributed by atoms with Crippen LogP contribution in [0.3, 0.4) is 0 Å². The molecule has 0 saturated carbocycles. The number of unbranched alkanes of at least 4 members (excludes halogenated alkanes) is 1. The van der Waals surface area contributed by atoms with E-state index in [2.05, 4.69) is 17.1 Å². The Hall–Kier alpha value is -1.92. The summed E-state index contributed by atoms with van der Waals surface area (Å²) in [6, 6.07) is 7.44. The van der Waals surface area contributed by atoms with Gasteiger partial charge in [0.2, 0.25) is 5.91 Å². The molecule has 0 aliphatic carbocycles. The average Bonchev–Trinajstić information content (AvgIpc) is 3.05. The molecule has 1 aliphatic heterocycles. The number of nitrogens with one attached hydrogen (secondary N) is 1. The molecule has 2 amide bonds. The second kappa shape index (κ2) is 9.53. The number of anilines is 1. The first-order valence-electron chi connectivity index (χ1n) is 9.06. The number of carbonyl (C=O) groups excluding carboxylic acids is 2. The van der Waals surface area contributed by atoms with E-state index in [9.17, 15) is 9.59 Å². The van der Waals surface area contributed by atoms with E-state index < -0.39 is 6.10 Å². The van der Waals surface area contributed by atoms with Gasteiger partial charge in [0, 0.05) is 18.8 Å². The minimum atomic E-state index is -0.496. The smallest absolute Gasteiger partial charge is 0.253 e. The Morgan fingerprint density at radius 1 is 1.40 bits per heavy atom. The Bertz CT molecular complexity index is 591. The Balaban J connectivity index is 2.00. The van der Waals surface area contributed by atoms with Crippen molar-refractivity contribution in [1.82, 2.24) is 4.90 Å². The normalized spacial score (nSPS) is 18.9. The van der Waals surface area contributed by atoms with Crippen LogP contribution in [0.4, 0.5) is 5.69 Å². The first-order valence-corrected chi connectivity index (χ1v) is 9.06. The number of benzene rings is 1. The lowest BCUT2D eigenvalue weighted by atomic mass is 10.1. The Morgan fingerprint density at radius 3 is 2.88 bits per heavy atom. The molecule has 138 valence electrons. The van der Waals surface area contributed by atoms with Gasteiger partial charge in [0.05, 0.1) is 6.04 Å². The molecule has 1 aliphatic rings. The number of likely N-dealkylation sites (tertiary alicyclic amines) is 1. The van der Waals surface area contributed by atoms with Crippen molar-refractivity contribution in [3.63, 3.8) is 0 Å². The lowest BCUT2D eigenvalue weighted by Gasteiger charge is -2.23. The molecule has 1 heterocycles. The maximum atomic E-state index is 12.3. The number of rotatable bonds is 9. The average molecular weight is 347 g/mol. The van der Waals surface area contributed by atoms with Gasteiger partial charge in [-0.3, -0.25) is 14.5 Å². The van der Waals surface area contributed by atoms with Crippen molar-refractivity contribution in [2.24, 2.45) is 5.73 Å². The second-order valence-electron chi connectivity index (χ2n) is 6.54. The van der Waals surface area contributed by atoms with E-state index in [1.165, 1.54) is 0 Å². The van der Waals surface area contributed by atoms with Crippen LogP contribution in [0.25, 0.3) is 0 Å². The van der Waals surface area contributed by atoms with Crippen molar-refractivity contribution >= 4 is 17.5 Å². The van der Waals surface area contributed by atoms with E-state index in [1.54, 1.807) is 6.92 Å². The molecule has 6 heteroatoms. The van der Waals surface area contributed by atoms with Crippen LogP contribution in [0.5, 0.6) is 0 Å². The van der Waals surface area contributed by atoms with Crippen LogP contribution >= 0.6 is 0 Å². The molecule has 1 saturated heterocycles. The summed E-state index contributed by atoms with van der Waals surface area (Å²) >= 11 is 0. The van der Waals surface area contributed by atoms with Crippen molar-refractivity contribution in [1.29, 1.82) is 0 Å². The minimum Gasteiger partial charge on any atom is -0.369 e. The van der Waals surface area contributed by atoms with E-state index in [4.69, 9.17) is 10.5 Å². The van der Waals surface area contributed by atoms with E-state index in [0.29, 0.717) is 13.2 Å². The Morgan fingerprint density at radius 2 is 2.16 bits per heavy atom. The number of nitrogens with zero attached hydrogens (tertiary/aromatic N) is 1. The highest BCUT2D eigenvalue weighted by Gasteiger charge is 2.29. The van der Waals surface area contributed by atoms with Crippen molar-refractivity contribution in [3.05, 3.63) is 29.8 Å². The topological polar surface area (TPSA) is 84.7 Å². The third-order valence-corrected chi connectivity index (χ3v) is 4.58. The molecule has 0 bridgehead atoms. The molecule has 2 unspecified atom stereocenters. The maximum absolute atomic E-state index is 12.3. The number of hydrogen-bond donors (Lipinski definition) is 2. The van der Waals surface area contributed by atoms with E-state index in [-0.39, 0.29) is 17.9 Å². The minimum absolute atomic E-state index is 0.156. The van der Waals surface area contributed by atoms with Crippen molar-refractivity contribution < 1.29 is 14.3 Å². The van der Waals surface area contributed by atoms with Gasteiger partial charge in [0.15, 0.2) is 0 Å². The highest BCUT2D eigenvalue weighted by molar-refractivity contribution is 5.94. The molecule has 3 N–H and O–H groups in total. The Kier molecular flexibility index (Phi) is 7.40. The molecule has 2 atom stereocenters. The van der Waals surface area contributed by atoms with E-state index >= 15 is 0 Å². The van der Waals surface area contributed by atoms with Gasteiger partial charge in [0.1, 0.15) is 6.10 Å². The van der Waals surface area contributed by atoms with Gasteiger partial charge in [-0.05, 0) is 44.4 Å². The highest BCUT2D eigenvalue weighted by atomic mass is 16.5. The number of ether oxygens (including phenoxy) is 1.